The molecule has 3 atom stereocenters. The second-order valence-corrected chi connectivity index (χ2v) is 9.50. The van der Waals surface area contributed by atoms with E-state index in [0.717, 1.165) is 35.9 Å². The Kier molecular flexibility index (Phi) is 5.24. The van der Waals surface area contributed by atoms with Gasteiger partial charge in [0.15, 0.2) is 5.82 Å². The van der Waals surface area contributed by atoms with Crippen molar-refractivity contribution in [2.75, 3.05) is 0 Å². The highest BCUT2D eigenvalue weighted by Gasteiger charge is 2.49. The highest BCUT2D eigenvalue weighted by Crippen LogP contribution is 2.33. The van der Waals surface area contributed by atoms with Crippen LogP contribution in [0.1, 0.15) is 55.7 Å². The molecular weight excluding hydrogens is 400 g/mol. The summed E-state index contributed by atoms with van der Waals surface area (Å²) in [6.45, 7) is 4.86. The minimum Gasteiger partial charge on any atom is -0.351 e. The van der Waals surface area contributed by atoms with Crippen LogP contribution in [-0.4, -0.2) is 37.8 Å². The average molecular weight is 431 g/mol. The molecule has 0 spiro atoms. The van der Waals surface area contributed by atoms with E-state index in [9.17, 15) is 9.59 Å². The number of carbonyl (C=O) groups is 2. The zero-order valence-corrected chi connectivity index (χ0v) is 18.8. The molecule has 2 amide bonds. The van der Waals surface area contributed by atoms with E-state index in [1.54, 1.807) is 4.90 Å². The van der Waals surface area contributed by atoms with Gasteiger partial charge in [0.25, 0.3) is 5.91 Å². The first kappa shape index (κ1) is 20.7. The lowest BCUT2D eigenvalue weighted by Crippen LogP contribution is -2.65. The number of rotatable bonds is 4. The van der Waals surface area contributed by atoms with Crippen molar-refractivity contribution in [2.24, 2.45) is 5.92 Å². The lowest BCUT2D eigenvalue weighted by molar-refractivity contribution is -0.134. The first-order valence-corrected chi connectivity index (χ1v) is 11.6. The molecule has 2 aliphatic rings. The number of benzene rings is 2. The number of aromatic nitrogens is 2. The SMILES string of the molecule is C[C@@H]1CCCC[C@@H]1NC(=O)[C@@]1(C)Cn2c(nc3ccccc32)C(=O)N1Cc1ccccc1. The third-order valence-corrected chi connectivity index (χ3v) is 7.25. The molecule has 2 aromatic carbocycles. The molecule has 3 aromatic rings. The smallest absolute Gasteiger partial charge is 0.291 e. The van der Waals surface area contributed by atoms with Gasteiger partial charge >= 0.3 is 0 Å². The number of hydrogen-bond acceptors (Lipinski definition) is 3. The number of para-hydroxylation sites is 2. The Bertz CT molecular complexity index is 1160. The Hall–Kier alpha value is -3.15. The van der Waals surface area contributed by atoms with Crippen LogP contribution >= 0.6 is 0 Å². The van der Waals surface area contributed by atoms with Gasteiger partial charge in [-0.15, -0.1) is 0 Å². The third kappa shape index (κ3) is 3.48. The molecule has 5 rings (SSSR count). The highest BCUT2D eigenvalue weighted by atomic mass is 16.2. The predicted molar refractivity (Wildman–Crippen MR) is 124 cm³/mol. The van der Waals surface area contributed by atoms with Crippen molar-refractivity contribution < 1.29 is 9.59 Å². The lowest BCUT2D eigenvalue weighted by Gasteiger charge is -2.44. The van der Waals surface area contributed by atoms with Crippen molar-refractivity contribution in [2.45, 2.75) is 64.2 Å². The molecular formula is C26H30N4O2. The molecule has 32 heavy (non-hydrogen) atoms. The molecule has 1 aliphatic carbocycles. The van der Waals surface area contributed by atoms with Gasteiger partial charge in [-0.05, 0) is 43.4 Å². The van der Waals surface area contributed by atoms with Gasteiger partial charge in [0.2, 0.25) is 5.91 Å². The Labute approximate surface area is 188 Å². The van der Waals surface area contributed by atoms with Gasteiger partial charge < -0.3 is 14.8 Å². The standard InChI is InChI=1S/C26H30N4O2/c1-18-10-6-7-13-20(18)28-25(32)26(2)17-29-22-15-9-8-14-21(22)27-23(29)24(31)30(26)16-19-11-4-3-5-12-19/h3-5,8-9,11-12,14-15,18,20H,6-7,10,13,16-17H2,1-2H3,(H,28,32)/t18-,20+,26-/m1/s1. The van der Waals surface area contributed by atoms with Crippen LogP contribution in [-0.2, 0) is 17.9 Å². The number of nitrogens with one attached hydrogen (secondary N) is 1. The zero-order chi connectivity index (χ0) is 22.3. The van der Waals surface area contributed by atoms with E-state index in [0.29, 0.717) is 24.8 Å². The van der Waals surface area contributed by atoms with Crippen molar-refractivity contribution >= 4 is 22.8 Å². The number of hydrogen-bond donors (Lipinski definition) is 1. The van der Waals surface area contributed by atoms with Gasteiger partial charge in [0.05, 0.1) is 17.6 Å². The number of imidazole rings is 1. The fourth-order valence-corrected chi connectivity index (χ4v) is 5.20. The van der Waals surface area contributed by atoms with Gasteiger partial charge in [-0.2, -0.15) is 0 Å². The van der Waals surface area contributed by atoms with Gasteiger partial charge in [0.1, 0.15) is 5.54 Å². The first-order chi connectivity index (χ1) is 15.5. The molecule has 0 bridgehead atoms. The summed E-state index contributed by atoms with van der Waals surface area (Å²) in [5.74, 6) is 0.566. The maximum Gasteiger partial charge on any atom is 0.291 e. The van der Waals surface area contributed by atoms with E-state index in [2.05, 4.69) is 17.2 Å². The summed E-state index contributed by atoms with van der Waals surface area (Å²) < 4.78 is 1.92. The quantitative estimate of drug-likeness (QED) is 0.676. The number of nitrogens with zero attached hydrogens (tertiary/aromatic N) is 3. The summed E-state index contributed by atoms with van der Waals surface area (Å²) in [5, 5.41) is 3.32. The maximum atomic E-state index is 13.8. The lowest BCUT2D eigenvalue weighted by atomic mass is 9.85. The molecule has 1 fully saturated rings. The second-order valence-electron chi connectivity index (χ2n) is 9.50. The second kappa shape index (κ2) is 8.08. The van der Waals surface area contributed by atoms with E-state index in [4.69, 9.17) is 0 Å². The topological polar surface area (TPSA) is 67.2 Å². The van der Waals surface area contributed by atoms with E-state index in [1.165, 1.54) is 6.42 Å². The predicted octanol–water partition coefficient (Wildman–Crippen LogP) is 4.15. The van der Waals surface area contributed by atoms with Crippen molar-refractivity contribution in [3.63, 3.8) is 0 Å². The van der Waals surface area contributed by atoms with Crippen LogP contribution in [0.4, 0.5) is 0 Å². The fraction of sp³-hybridized carbons (Fsp3) is 0.423. The summed E-state index contributed by atoms with van der Waals surface area (Å²) in [4.78, 5) is 33.9. The van der Waals surface area contributed by atoms with E-state index < -0.39 is 5.54 Å². The van der Waals surface area contributed by atoms with Crippen LogP contribution in [0.15, 0.2) is 54.6 Å². The van der Waals surface area contributed by atoms with E-state index in [1.807, 2.05) is 66.1 Å². The minimum atomic E-state index is -1.01. The molecule has 1 N–H and O–H groups in total. The van der Waals surface area contributed by atoms with Crippen LogP contribution < -0.4 is 5.32 Å². The van der Waals surface area contributed by atoms with Crippen LogP contribution in [0.2, 0.25) is 0 Å². The molecule has 0 saturated heterocycles. The molecule has 1 aromatic heterocycles. The zero-order valence-electron chi connectivity index (χ0n) is 18.8. The van der Waals surface area contributed by atoms with Gasteiger partial charge in [0, 0.05) is 12.6 Å². The summed E-state index contributed by atoms with van der Waals surface area (Å²) in [5.41, 5.74) is 1.65. The van der Waals surface area contributed by atoms with E-state index in [-0.39, 0.29) is 17.9 Å². The summed E-state index contributed by atoms with van der Waals surface area (Å²) in [7, 11) is 0. The molecule has 166 valence electrons. The Balaban J connectivity index is 1.55. The average Bonchev–Trinajstić information content (AvgIpc) is 3.17. The van der Waals surface area contributed by atoms with Crippen LogP contribution in [0, 0.1) is 5.92 Å². The number of fused-ring (bicyclic) bond motifs is 3. The molecule has 0 unspecified atom stereocenters. The van der Waals surface area contributed by atoms with Crippen molar-refractivity contribution in [1.82, 2.24) is 19.8 Å². The molecule has 0 radical (unpaired) electrons. The minimum absolute atomic E-state index is 0.0797. The largest absolute Gasteiger partial charge is 0.351 e. The highest BCUT2D eigenvalue weighted by molar-refractivity contribution is 6.01. The van der Waals surface area contributed by atoms with Crippen LogP contribution in [0.25, 0.3) is 11.0 Å². The molecule has 1 saturated carbocycles. The van der Waals surface area contributed by atoms with E-state index >= 15 is 0 Å². The summed E-state index contributed by atoms with van der Waals surface area (Å²) in [6.07, 6.45) is 4.47. The monoisotopic (exact) mass is 430 g/mol. The van der Waals surface area contributed by atoms with Gasteiger partial charge in [-0.3, -0.25) is 9.59 Å². The third-order valence-electron chi connectivity index (χ3n) is 7.25. The van der Waals surface area contributed by atoms with Gasteiger partial charge in [-0.1, -0.05) is 62.2 Å². The van der Waals surface area contributed by atoms with Crippen molar-refractivity contribution in [3.05, 3.63) is 66.0 Å². The van der Waals surface area contributed by atoms with Gasteiger partial charge in [-0.25, -0.2) is 4.98 Å². The molecule has 2 heterocycles. The number of amides is 2. The van der Waals surface area contributed by atoms with Crippen molar-refractivity contribution in [3.8, 4) is 0 Å². The Morgan fingerprint density at radius 3 is 2.59 bits per heavy atom. The molecule has 1 aliphatic heterocycles. The Morgan fingerprint density at radius 1 is 1.09 bits per heavy atom. The normalized spacial score (nSPS) is 25.6. The first-order valence-electron chi connectivity index (χ1n) is 11.6. The van der Waals surface area contributed by atoms with Crippen LogP contribution in [0.5, 0.6) is 0 Å². The molecule has 6 nitrogen and oxygen atoms in total. The van der Waals surface area contributed by atoms with Crippen molar-refractivity contribution in [1.29, 1.82) is 0 Å². The maximum absolute atomic E-state index is 13.8. The molecule has 6 heteroatoms. The Morgan fingerprint density at radius 2 is 1.81 bits per heavy atom. The summed E-state index contributed by atoms with van der Waals surface area (Å²) in [6, 6.07) is 17.8. The summed E-state index contributed by atoms with van der Waals surface area (Å²) >= 11 is 0. The number of carbonyl (C=O) groups excluding carboxylic acids is 2. The van der Waals surface area contributed by atoms with Crippen LogP contribution in [0.3, 0.4) is 0 Å². The fourth-order valence-electron chi connectivity index (χ4n) is 5.20.